The fourth-order valence-electron chi connectivity index (χ4n) is 1.94. The summed E-state index contributed by atoms with van der Waals surface area (Å²) in [5, 5.41) is 4.03. The maximum atomic E-state index is 11.1. The largest absolute Gasteiger partial charge is 0.422 e. The van der Waals surface area contributed by atoms with Crippen molar-refractivity contribution in [3.05, 3.63) is 46.3 Å². The van der Waals surface area contributed by atoms with Crippen LogP contribution in [0.15, 0.2) is 39.5 Å². The minimum Gasteiger partial charge on any atom is -0.422 e. The van der Waals surface area contributed by atoms with Gasteiger partial charge in [0.1, 0.15) is 11.1 Å². The third-order valence-electron chi connectivity index (χ3n) is 3.14. The van der Waals surface area contributed by atoms with Crippen molar-refractivity contribution in [3.63, 3.8) is 0 Å². The third kappa shape index (κ3) is 3.76. The van der Waals surface area contributed by atoms with Crippen molar-refractivity contribution in [1.82, 2.24) is 10.2 Å². The molecule has 0 atom stereocenters. The molecular weight excluding hydrogens is 256 g/mol. The first-order chi connectivity index (χ1) is 9.70. The summed E-state index contributed by atoms with van der Waals surface area (Å²) < 4.78 is 4.90. The first-order valence-corrected chi connectivity index (χ1v) is 6.58. The van der Waals surface area contributed by atoms with Crippen molar-refractivity contribution in [2.45, 2.75) is 0 Å². The number of para-hydroxylation sites is 1. The molecule has 2 heterocycles. The van der Waals surface area contributed by atoms with E-state index in [2.05, 4.69) is 17.3 Å². The van der Waals surface area contributed by atoms with Gasteiger partial charge in [-0.25, -0.2) is 4.79 Å². The molecule has 0 bridgehead atoms. The minimum atomic E-state index is -0.589. The first kappa shape index (κ1) is 14.4. The lowest BCUT2D eigenvalue weighted by atomic mass is 10.2. The number of nitrogens with one attached hydrogen (secondary N) is 1. The van der Waals surface area contributed by atoms with Gasteiger partial charge in [0, 0.05) is 31.6 Å². The molecule has 3 rings (SSSR count). The maximum absolute atomic E-state index is 11.1. The van der Waals surface area contributed by atoms with Gasteiger partial charge in [0.15, 0.2) is 6.29 Å². The van der Waals surface area contributed by atoms with E-state index >= 15 is 0 Å². The monoisotopic (exact) mass is 274 g/mol. The van der Waals surface area contributed by atoms with Crippen LogP contribution in [0, 0.1) is 0 Å². The van der Waals surface area contributed by atoms with Gasteiger partial charge >= 0.3 is 5.63 Å². The van der Waals surface area contributed by atoms with Crippen LogP contribution in [0.5, 0.6) is 0 Å². The van der Waals surface area contributed by atoms with Gasteiger partial charge in [0.2, 0.25) is 0 Å². The molecule has 1 saturated heterocycles. The first-order valence-electron chi connectivity index (χ1n) is 6.58. The molecule has 0 radical (unpaired) electrons. The van der Waals surface area contributed by atoms with E-state index in [1.54, 1.807) is 18.2 Å². The van der Waals surface area contributed by atoms with Crippen LogP contribution in [0.2, 0.25) is 0 Å². The Bertz CT molecular complexity index is 630. The summed E-state index contributed by atoms with van der Waals surface area (Å²) in [6, 6.07) is 8.58. The van der Waals surface area contributed by atoms with E-state index < -0.39 is 5.63 Å². The molecule has 0 aliphatic carbocycles. The number of carbonyl (C=O) groups excluding carboxylic acids is 1. The Hall–Kier alpha value is -1.98. The Kier molecular flexibility index (Phi) is 5.03. The van der Waals surface area contributed by atoms with E-state index in [1.165, 1.54) is 19.2 Å². The summed E-state index contributed by atoms with van der Waals surface area (Å²) in [5.41, 5.74) is -0.0366. The van der Waals surface area contributed by atoms with Crippen molar-refractivity contribution in [1.29, 1.82) is 0 Å². The van der Waals surface area contributed by atoms with Gasteiger partial charge in [0.05, 0.1) is 0 Å². The van der Waals surface area contributed by atoms with Gasteiger partial charge in [0.25, 0.3) is 0 Å². The van der Waals surface area contributed by atoms with Crippen LogP contribution < -0.4 is 10.9 Å². The van der Waals surface area contributed by atoms with Crippen LogP contribution in [0.4, 0.5) is 0 Å². The highest BCUT2D eigenvalue weighted by atomic mass is 16.4. The molecule has 0 unspecified atom stereocenters. The molecule has 5 nitrogen and oxygen atoms in total. The van der Waals surface area contributed by atoms with E-state index in [0.717, 1.165) is 18.5 Å². The average Bonchev–Trinajstić information content (AvgIpc) is 2.48. The van der Waals surface area contributed by atoms with Gasteiger partial charge in [-0.1, -0.05) is 18.2 Å². The van der Waals surface area contributed by atoms with Crippen molar-refractivity contribution >= 4 is 17.3 Å². The van der Waals surface area contributed by atoms with E-state index in [1.807, 2.05) is 6.07 Å². The fraction of sp³-hybridized carbons (Fsp3) is 0.333. The van der Waals surface area contributed by atoms with Crippen molar-refractivity contribution in [2.75, 3.05) is 33.2 Å². The highest BCUT2D eigenvalue weighted by Gasteiger charge is 2.02. The van der Waals surface area contributed by atoms with E-state index in [-0.39, 0.29) is 5.56 Å². The number of carbonyl (C=O) groups is 1. The summed E-state index contributed by atoms with van der Waals surface area (Å²) in [6.07, 6.45) is 0.498. The molecule has 20 heavy (non-hydrogen) atoms. The lowest BCUT2D eigenvalue weighted by Crippen LogP contribution is -2.40. The summed E-state index contributed by atoms with van der Waals surface area (Å²) in [6.45, 7) is 4.74. The number of likely N-dealkylation sites (N-methyl/N-ethyl adjacent to an activating group) is 1. The van der Waals surface area contributed by atoms with Gasteiger partial charge in [-0.15, -0.1) is 0 Å². The summed E-state index contributed by atoms with van der Waals surface area (Å²) in [5.74, 6) is 0. The zero-order valence-electron chi connectivity index (χ0n) is 11.5. The number of piperazine rings is 1. The van der Waals surface area contributed by atoms with Crippen molar-refractivity contribution in [3.8, 4) is 0 Å². The molecule has 2 aromatic rings. The molecule has 106 valence electrons. The highest BCUT2D eigenvalue weighted by molar-refractivity contribution is 5.83. The average molecular weight is 274 g/mol. The zero-order chi connectivity index (χ0) is 14.4. The van der Waals surface area contributed by atoms with Gasteiger partial charge in [-0.3, -0.25) is 4.79 Å². The number of benzene rings is 1. The Morgan fingerprint density at radius 2 is 1.95 bits per heavy atom. The second kappa shape index (κ2) is 6.98. The SMILES string of the molecule is CN1CCNCC1.O=Cc1cc2ccccc2oc1=O. The number of hydrogen-bond acceptors (Lipinski definition) is 5. The van der Waals surface area contributed by atoms with Crippen LogP contribution >= 0.6 is 0 Å². The molecule has 1 aliphatic heterocycles. The second-order valence-electron chi connectivity index (χ2n) is 4.70. The molecule has 0 spiro atoms. The maximum Gasteiger partial charge on any atom is 0.346 e. The van der Waals surface area contributed by atoms with Crippen molar-refractivity contribution < 1.29 is 9.21 Å². The number of rotatable bonds is 1. The minimum absolute atomic E-state index is 0.0544. The summed E-state index contributed by atoms with van der Waals surface area (Å²) in [4.78, 5) is 23.8. The quantitative estimate of drug-likeness (QED) is 0.624. The lowest BCUT2D eigenvalue weighted by molar-refractivity contribution is 0.112. The summed E-state index contributed by atoms with van der Waals surface area (Å²) >= 11 is 0. The van der Waals surface area contributed by atoms with Gasteiger partial charge < -0.3 is 14.6 Å². The van der Waals surface area contributed by atoms with Crippen LogP contribution in [0.3, 0.4) is 0 Å². The van der Waals surface area contributed by atoms with E-state index in [0.29, 0.717) is 11.9 Å². The molecule has 1 aliphatic rings. The predicted octanol–water partition coefficient (Wildman–Crippen LogP) is 1.13. The topological polar surface area (TPSA) is 62.6 Å². The second-order valence-corrected chi connectivity index (χ2v) is 4.70. The highest BCUT2D eigenvalue weighted by Crippen LogP contribution is 2.11. The zero-order valence-corrected chi connectivity index (χ0v) is 11.5. The molecule has 0 saturated carbocycles. The Morgan fingerprint density at radius 3 is 2.55 bits per heavy atom. The number of fused-ring (bicyclic) bond motifs is 1. The van der Waals surface area contributed by atoms with Crippen molar-refractivity contribution in [2.24, 2.45) is 0 Å². The molecule has 1 aromatic heterocycles. The molecule has 5 heteroatoms. The number of nitrogens with zero attached hydrogens (tertiary/aromatic N) is 1. The standard InChI is InChI=1S/C10H6O3.C5H12N2/c11-6-8-5-7-3-1-2-4-9(7)13-10(8)12;1-7-4-2-6-3-5-7/h1-6H;6H,2-5H2,1H3. The Balaban J connectivity index is 0.000000178. The molecular formula is C15H18N2O3. The molecule has 1 N–H and O–H groups in total. The van der Waals surface area contributed by atoms with Gasteiger partial charge in [-0.2, -0.15) is 0 Å². The normalized spacial score (nSPS) is 15.4. The van der Waals surface area contributed by atoms with E-state index in [9.17, 15) is 9.59 Å². The van der Waals surface area contributed by atoms with Gasteiger partial charge in [-0.05, 0) is 19.2 Å². The van der Waals surface area contributed by atoms with Crippen LogP contribution in [0.1, 0.15) is 10.4 Å². The van der Waals surface area contributed by atoms with Crippen LogP contribution in [0.25, 0.3) is 11.0 Å². The number of hydrogen-bond donors (Lipinski definition) is 1. The smallest absolute Gasteiger partial charge is 0.346 e. The third-order valence-corrected chi connectivity index (χ3v) is 3.14. The van der Waals surface area contributed by atoms with Crippen LogP contribution in [-0.4, -0.2) is 44.4 Å². The van der Waals surface area contributed by atoms with Crippen LogP contribution in [-0.2, 0) is 0 Å². The summed E-state index contributed by atoms with van der Waals surface area (Å²) in [7, 11) is 2.15. The molecule has 1 aromatic carbocycles. The molecule has 1 fully saturated rings. The molecule has 0 amide bonds. The Morgan fingerprint density at radius 1 is 1.25 bits per heavy atom. The number of aldehydes is 1. The Labute approximate surface area is 117 Å². The fourth-order valence-corrected chi connectivity index (χ4v) is 1.94. The predicted molar refractivity (Wildman–Crippen MR) is 78.2 cm³/mol. The lowest BCUT2D eigenvalue weighted by Gasteiger charge is -2.21. The van der Waals surface area contributed by atoms with E-state index in [4.69, 9.17) is 4.42 Å².